The highest BCUT2D eigenvalue weighted by Crippen LogP contribution is 2.17. The summed E-state index contributed by atoms with van der Waals surface area (Å²) in [6.45, 7) is 4.92. The predicted molar refractivity (Wildman–Crippen MR) is 74.8 cm³/mol. The molecule has 0 aromatic carbocycles. The van der Waals surface area contributed by atoms with E-state index in [1.807, 2.05) is 13.0 Å². The van der Waals surface area contributed by atoms with E-state index in [0.29, 0.717) is 4.88 Å². The molecule has 1 heterocycles. The molecule has 6 heteroatoms. The van der Waals surface area contributed by atoms with Crippen LogP contribution in [0, 0.1) is 6.92 Å². The van der Waals surface area contributed by atoms with Gasteiger partial charge in [0.05, 0.1) is 17.4 Å². The Morgan fingerprint density at radius 3 is 2.40 bits per heavy atom. The third kappa shape index (κ3) is 5.97. The van der Waals surface area contributed by atoms with Crippen LogP contribution in [0.3, 0.4) is 0 Å². The zero-order chi connectivity index (χ0) is 15.1. The number of carbonyl (C=O) groups is 3. The van der Waals surface area contributed by atoms with Gasteiger partial charge in [-0.3, -0.25) is 9.59 Å². The fraction of sp³-hybridized carbons (Fsp3) is 0.500. The highest BCUT2D eigenvalue weighted by Gasteiger charge is 2.14. The van der Waals surface area contributed by atoms with Crippen LogP contribution in [0.25, 0.3) is 0 Å². The van der Waals surface area contributed by atoms with Crippen molar-refractivity contribution in [3.63, 3.8) is 0 Å². The van der Waals surface area contributed by atoms with E-state index < -0.39 is 18.5 Å². The summed E-state index contributed by atoms with van der Waals surface area (Å²) in [5, 5.41) is 0. The van der Waals surface area contributed by atoms with Crippen molar-refractivity contribution < 1.29 is 23.9 Å². The second-order valence-electron chi connectivity index (χ2n) is 4.53. The van der Waals surface area contributed by atoms with Crippen LogP contribution in [0.15, 0.2) is 12.1 Å². The van der Waals surface area contributed by atoms with E-state index in [1.54, 1.807) is 19.9 Å². The van der Waals surface area contributed by atoms with E-state index in [2.05, 4.69) is 0 Å². The summed E-state index contributed by atoms with van der Waals surface area (Å²) in [7, 11) is 0. The molecule has 0 saturated carbocycles. The maximum absolute atomic E-state index is 11.8. The third-order valence-electron chi connectivity index (χ3n) is 2.29. The molecule has 110 valence electrons. The molecular weight excluding hydrogens is 280 g/mol. The van der Waals surface area contributed by atoms with Gasteiger partial charge in [-0.05, 0) is 32.9 Å². The van der Waals surface area contributed by atoms with Gasteiger partial charge >= 0.3 is 11.9 Å². The van der Waals surface area contributed by atoms with Gasteiger partial charge in [0.25, 0.3) is 0 Å². The summed E-state index contributed by atoms with van der Waals surface area (Å²) >= 11 is 1.40. The van der Waals surface area contributed by atoms with E-state index >= 15 is 0 Å². The Hall–Kier alpha value is -1.69. The molecule has 0 amide bonds. The Morgan fingerprint density at radius 1 is 1.15 bits per heavy atom. The molecule has 0 fully saturated rings. The highest BCUT2D eigenvalue weighted by molar-refractivity contribution is 7.14. The molecular formula is C14H18O5S. The summed E-state index contributed by atoms with van der Waals surface area (Å²) in [5.41, 5.74) is 0. The monoisotopic (exact) mass is 298 g/mol. The highest BCUT2D eigenvalue weighted by atomic mass is 32.1. The average molecular weight is 298 g/mol. The van der Waals surface area contributed by atoms with Crippen molar-refractivity contribution in [3.05, 3.63) is 21.9 Å². The number of esters is 2. The van der Waals surface area contributed by atoms with Gasteiger partial charge < -0.3 is 9.47 Å². The quantitative estimate of drug-likeness (QED) is 0.571. The Morgan fingerprint density at radius 2 is 1.85 bits per heavy atom. The number of ketones is 1. The molecule has 20 heavy (non-hydrogen) atoms. The van der Waals surface area contributed by atoms with E-state index in [0.717, 1.165) is 4.88 Å². The van der Waals surface area contributed by atoms with Gasteiger partial charge in [0.15, 0.2) is 12.4 Å². The van der Waals surface area contributed by atoms with Crippen LogP contribution in [0.5, 0.6) is 0 Å². The number of Topliss-reactive ketones (excluding diaryl/α,β-unsaturated/α-hetero) is 1. The number of thiophene rings is 1. The first-order valence-corrected chi connectivity index (χ1v) is 7.15. The molecule has 1 rings (SSSR count). The maximum Gasteiger partial charge on any atom is 0.344 e. The van der Waals surface area contributed by atoms with Crippen molar-refractivity contribution in [3.8, 4) is 0 Å². The lowest BCUT2D eigenvalue weighted by Crippen LogP contribution is -2.19. The molecule has 0 N–H and O–H groups in total. The van der Waals surface area contributed by atoms with Crippen molar-refractivity contribution in [1.29, 1.82) is 0 Å². The molecule has 0 spiro atoms. The molecule has 0 aliphatic heterocycles. The van der Waals surface area contributed by atoms with Gasteiger partial charge in [-0.15, -0.1) is 11.3 Å². The summed E-state index contributed by atoms with van der Waals surface area (Å²) in [5.74, 6) is -1.26. The number of ether oxygens (including phenoxy) is 2. The molecule has 0 bridgehead atoms. The molecule has 0 aliphatic rings. The molecule has 0 atom stereocenters. The maximum atomic E-state index is 11.8. The van der Waals surface area contributed by atoms with Crippen LogP contribution < -0.4 is 0 Å². The number of rotatable bonds is 7. The number of carbonyl (C=O) groups excluding carboxylic acids is 3. The molecule has 0 unspecified atom stereocenters. The number of hydrogen-bond acceptors (Lipinski definition) is 6. The van der Waals surface area contributed by atoms with Gasteiger partial charge in [-0.25, -0.2) is 4.79 Å². The van der Waals surface area contributed by atoms with Crippen molar-refractivity contribution in [2.24, 2.45) is 0 Å². The smallest absolute Gasteiger partial charge is 0.344 e. The van der Waals surface area contributed by atoms with Crippen LogP contribution in [0.2, 0.25) is 0 Å². The van der Waals surface area contributed by atoms with E-state index in [4.69, 9.17) is 9.47 Å². The van der Waals surface area contributed by atoms with E-state index in [9.17, 15) is 14.4 Å². The molecule has 1 aromatic rings. The van der Waals surface area contributed by atoms with Gasteiger partial charge in [-0.1, -0.05) is 0 Å². The van der Waals surface area contributed by atoms with Gasteiger partial charge in [-0.2, -0.15) is 0 Å². The predicted octanol–water partition coefficient (Wildman–Crippen LogP) is 2.51. The van der Waals surface area contributed by atoms with Gasteiger partial charge in [0.2, 0.25) is 0 Å². The molecule has 1 aromatic heterocycles. The lowest BCUT2D eigenvalue weighted by molar-refractivity contribution is -0.161. The van der Waals surface area contributed by atoms with Crippen LogP contribution in [0.4, 0.5) is 0 Å². The van der Waals surface area contributed by atoms with Crippen LogP contribution >= 0.6 is 11.3 Å². The zero-order valence-corrected chi connectivity index (χ0v) is 12.6. The fourth-order valence-electron chi connectivity index (χ4n) is 1.43. The molecule has 0 saturated heterocycles. The summed E-state index contributed by atoms with van der Waals surface area (Å²) in [6.07, 6.45) is -0.201. The first-order valence-electron chi connectivity index (χ1n) is 6.33. The minimum absolute atomic E-state index is 0.0370. The SMILES string of the molecule is Cc1ccc(C(=O)CCC(=O)OCC(=O)OC(C)C)s1. The van der Waals surface area contributed by atoms with Crippen molar-refractivity contribution in [2.45, 2.75) is 39.7 Å². The Balaban J connectivity index is 2.26. The third-order valence-corrected chi connectivity index (χ3v) is 3.33. The van der Waals surface area contributed by atoms with Crippen LogP contribution in [-0.2, 0) is 19.1 Å². The van der Waals surface area contributed by atoms with E-state index in [-0.39, 0.29) is 24.7 Å². The summed E-state index contributed by atoms with van der Waals surface area (Å²) in [4.78, 5) is 36.0. The average Bonchev–Trinajstić information content (AvgIpc) is 2.79. The lowest BCUT2D eigenvalue weighted by Gasteiger charge is -2.08. The molecule has 0 radical (unpaired) electrons. The van der Waals surface area contributed by atoms with Crippen molar-refractivity contribution in [1.82, 2.24) is 0 Å². The van der Waals surface area contributed by atoms with Gasteiger partial charge in [0, 0.05) is 11.3 Å². The Labute approximate surface area is 121 Å². The topological polar surface area (TPSA) is 69.7 Å². The minimum atomic E-state index is -0.589. The van der Waals surface area contributed by atoms with Crippen LogP contribution in [-0.4, -0.2) is 30.4 Å². The van der Waals surface area contributed by atoms with Crippen molar-refractivity contribution >= 4 is 29.1 Å². The second-order valence-corrected chi connectivity index (χ2v) is 5.82. The van der Waals surface area contributed by atoms with Crippen LogP contribution in [0.1, 0.15) is 41.2 Å². The standard InChI is InChI=1S/C14H18O5S/c1-9(2)19-14(17)8-18-13(16)7-5-11(15)12-6-4-10(3)20-12/h4,6,9H,5,7-8H2,1-3H3. The summed E-state index contributed by atoms with van der Waals surface area (Å²) < 4.78 is 9.55. The normalized spacial score (nSPS) is 10.4. The first kappa shape index (κ1) is 16.4. The Bertz CT molecular complexity index is 490. The largest absolute Gasteiger partial charge is 0.460 e. The minimum Gasteiger partial charge on any atom is -0.460 e. The second kappa shape index (κ2) is 7.79. The molecule has 5 nitrogen and oxygen atoms in total. The zero-order valence-electron chi connectivity index (χ0n) is 11.8. The number of aryl methyl sites for hydroxylation is 1. The van der Waals surface area contributed by atoms with E-state index in [1.165, 1.54) is 11.3 Å². The first-order chi connectivity index (χ1) is 9.38. The van der Waals surface area contributed by atoms with Crippen molar-refractivity contribution in [2.75, 3.05) is 6.61 Å². The number of hydrogen-bond donors (Lipinski definition) is 0. The Kier molecular flexibility index (Phi) is 6.38. The lowest BCUT2D eigenvalue weighted by atomic mass is 10.2. The fourth-order valence-corrected chi connectivity index (χ4v) is 2.27. The van der Waals surface area contributed by atoms with Gasteiger partial charge in [0.1, 0.15) is 0 Å². The molecule has 0 aliphatic carbocycles. The summed E-state index contributed by atoms with van der Waals surface area (Å²) in [6, 6.07) is 3.60.